The van der Waals surface area contributed by atoms with Gasteiger partial charge in [0.05, 0.1) is 12.2 Å². The van der Waals surface area contributed by atoms with Crippen LogP contribution in [0.1, 0.15) is 47.0 Å². The topological polar surface area (TPSA) is 55.8 Å². The fourth-order valence-electron chi connectivity index (χ4n) is 3.35. The molecule has 0 saturated carbocycles. The molecule has 1 N–H and O–H groups in total. The van der Waals surface area contributed by atoms with Gasteiger partial charge in [0.1, 0.15) is 6.10 Å². The molecule has 4 nitrogen and oxygen atoms in total. The van der Waals surface area contributed by atoms with Crippen molar-refractivity contribution in [3.8, 4) is 0 Å². The molecule has 0 amide bonds. The molecule has 0 aromatic rings. The summed E-state index contributed by atoms with van der Waals surface area (Å²) < 4.78 is 11.1. The van der Waals surface area contributed by atoms with Crippen LogP contribution in [-0.4, -0.2) is 36.5 Å². The maximum Gasteiger partial charge on any atom is 0.330 e. The number of rotatable bonds is 9. The number of carbonyl (C=O) groups excluding carboxylic acids is 1. The Morgan fingerprint density at radius 1 is 1.43 bits per heavy atom. The lowest BCUT2D eigenvalue weighted by atomic mass is 9.83. The predicted molar refractivity (Wildman–Crippen MR) is 92.0 cm³/mol. The SMILES string of the molecule is C/C=C/C[C@H](C)[C@@H](OC)[C@@H](C)[C@H](O)C[C@H]1OC(=O)C=C[C@H]1CC. The number of methoxy groups -OCH3 is 1. The van der Waals surface area contributed by atoms with E-state index < -0.39 is 6.10 Å². The van der Waals surface area contributed by atoms with Gasteiger partial charge < -0.3 is 14.6 Å². The Morgan fingerprint density at radius 3 is 2.70 bits per heavy atom. The van der Waals surface area contributed by atoms with E-state index in [0.29, 0.717) is 12.3 Å². The van der Waals surface area contributed by atoms with E-state index in [-0.39, 0.29) is 30.0 Å². The van der Waals surface area contributed by atoms with Gasteiger partial charge in [0.25, 0.3) is 0 Å². The van der Waals surface area contributed by atoms with Crippen LogP contribution in [0.4, 0.5) is 0 Å². The molecule has 0 saturated heterocycles. The van der Waals surface area contributed by atoms with Crippen LogP contribution in [0, 0.1) is 17.8 Å². The van der Waals surface area contributed by atoms with Crippen LogP contribution in [0.25, 0.3) is 0 Å². The van der Waals surface area contributed by atoms with E-state index >= 15 is 0 Å². The molecule has 0 spiro atoms. The summed E-state index contributed by atoms with van der Waals surface area (Å²) in [6.45, 7) is 8.21. The van der Waals surface area contributed by atoms with Crippen molar-refractivity contribution < 1.29 is 19.4 Å². The van der Waals surface area contributed by atoms with E-state index in [1.54, 1.807) is 7.11 Å². The third kappa shape index (κ3) is 5.78. The van der Waals surface area contributed by atoms with Crippen molar-refractivity contribution in [2.75, 3.05) is 7.11 Å². The first kappa shape index (κ1) is 19.9. The maximum atomic E-state index is 11.5. The normalized spacial score (nSPS) is 26.8. The summed E-state index contributed by atoms with van der Waals surface area (Å²) in [5.41, 5.74) is 0. The number of aliphatic hydroxyl groups is 1. The summed E-state index contributed by atoms with van der Waals surface area (Å²) in [6.07, 6.45) is 8.95. The minimum absolute atomic E-state index is 0.0256. The summed E-state index contributed by atoms with van der Waals surface area (Å²) >= 11 is 0. The summed E-state index contributed by atoms with van der Waals surface area (Å²) in [4.78, 5) is 11.5. The smallest absolute Gasteiger partial charge is 0.330 e. The Bertz CT molecular complexity index is 416. The lowest BCUT2D eigenvalue weighted by molar-refractivity contribution is -0.149. The largest absolute Gasteiger partial charge is 0.458 e. The molecule has 0 aromatic heterocycles. The number of carbonyl (C=O) groups is 1. The summed E-state index contributed by atoms with van der Waals surface area (Å²) in [6, 6.07) is 0. The highest BCUT2D eigenvalue weighted by Crippen LogP contribution is 2.29. The molecule has 1 aliphatic rings. The van der Waals surface area contributed by atoms with Gasteiger partial charge in [-0.1, -0.05) is 39.0 Å². The van der Waals surface area contributed by atoms with Gasteiger partial charge in [-0.25, -0.2) is 4.79 Å². The van der Waals surface area contributed by atoms with Gasteiger partial charge in [-0.15, -0.1) is 0 Å². The molecule has 132 valence electrons. The monoisotopic (exact) mass is 324 g/mol. The van der Waals surface area contributed by atoms with Crippen LogP contribution >= 0.6 is 0 Å². The van der Waals surface area contributed by atoms with E-state index in [9.17, 15) is 9.90 Å². The molecule has 0 radical (unpaired) electrons. The lowest BCUT2D eigenvalue weighted by Crippen LogP contribution is -2.40. The van der Waals surface area contributed by atoms with Crippen LogP contribution in [0.5, 0.6) is 0 Å². The average Bonchev–Trinajstić information content (AvgIpc) is 2.53. The van der Waals surface area contributed by atoms with Gasteiger partial charge in [0, 0.05) is 31.4 Å². The Morgan fingerprint density at radius 2 is 2.13 bits per heavy atom. The zero-order valence-corrected chi connectivity index (χ0v) is 15.1. The average molecular weight is 324 g/mol. The number of hydrogen-bond acceptors (Lipinski definition) is 4. The van der Waals surface area contributed by atoms with E-state index in [1.807, 2.05) is 26.0 Å². The molecule has 23 heavy (non-hydrogen) atoms. The second kappa shape index (κ2) is 9.89. The molecule has 0 unspecified atom stereocenters. The van der Waals surface area contributed by atoms with Crippen molar-refractivity contribution in [3.05, 3.63) is 24.3 Å². The Labute approximate surface area is 140 Å². The maximum absolute atomic E-state index is 11.5. The molecule has 6 atom stereocenters. The van der Waals surface area contributed by atoms with Crippen LogP contribution in [-0.2, 0) is 14.3 Å². The molecule has 1 rings (SSSR count). The standard InChI is InChI=1S/C19H32O4/c1-6-8-9-13(3)19(22-5)14(4)16(20)12-17-15(7-2)10-11-18(21)23-17/h6,8,10-11,13-17,19-20H,7,9,12H2,1-5H3/b8-6+/t13-,14-,15+,16+,17+,19+/m0/s1. The van der Waals surface area contributed by atoms with Crippen molar-refractivity contribution in [2.45, 2.75) is 65.3 Å². The number of aliphatic hydroxyl groups excluding tert-OH is 1. The number of cyclic esters (lactones) is 1. The predicted octanol–water partition coefficient (Wildman–Crippen LogP) is 3.50. The molecule has 0 aliphatic carbocycles. The molecule has 1 aliphatic heterocycles. The number of hydrogen-bond donors (Lipinski definition) is 1. The van der Waals surface area contributed by atoms with Gasteiger partial charge in [-0.3, -0.25) is 0 Å². The second-order valence-corrected chi connectivity index (χ2v) is 6.55. The molecular formula is C19H32O4. The first-order valence-corrected chi connectivity index (χ1v) is 8.65. The minimum Gasteiger partial charge on any atom is -0.458 e. The van der Waals surface area contributed by atoms with Gasteiger partial charge in [0.2, 0.25) is 0 Å². The van der Waals surface area contributed by atoms with E-state index in [2.05, 4.69) is 19.9 Å². The Kier molecular flexibility index (Phi) is 8.56. The van der Waals surface area contributed by atoms with Gasteiger partial charge in [0.15, 0.2) is 0 Å². The van der Waals surface area contributed by atoms with E-state index in [4.69, 9.17) is 9.47 Å². The molecule has 4 heteroatoms. The highest BCUT2D eigenvalue weighted by atomic mass is 16.5. The van der Waals surface area contributed by atoms with E-state index in [0.717, 1.165) is 12.8 Å². The van der Waals surface area contributed by atoms with Gasteiger partial charge >= 0.3 is 5.97 Å². The van der Waals surface area contributed by atoms with E-state index in [1.165, 1.54) is 6.08 Å². The highest BCUT2D eigenvalue weighted by Gasteiger charge is 2.33. The first-order valence-electron chi connectivity index (χ1n) is 8.65. The third-order valence-corrected chi connectivity index (χ3v) is 4.87. The Balaban J connectivity index is 2.68. The van der Waals surface area contributed by atoms with Crippen LogP contribution in [0.2, 0.25) is 0 Å². The minimum atomic E-state index is -0.564. The van der Waals surface area contributed by atoms with Crippen LogP contribution < -0.4 is 0 Å². The molecule has 0 bridgehead atoms. The van der Waals surface area contributed by atoms with Gasteiger partial charge in [-0.2, -0.15) is 0 Å². The fourth-order valence-corrected chi connectivity index (χ4v) is 3.35. The fraction of sp³-hybridized carbons (Fsp3) is 0.737. The summed E-state index contributed by atoms with van der Waals surface area (Å²) in [7, 11) is 1.69. The van der Waals surface area contributed by atoms with Crippen molar-refractivity contribution in [2.24, 2.45) is 17.8 Å². The van der Waals surface area contributed by atoms with Crippen LogP contribution in [0.15, 0.2) is 24.3 Å². The summed E-state index contributed by atoms with van der Waals surface area (Å²) in [5.74, 6) is 0.152. The first-order chi connectivity index (χ1) is 10.9. The van der Waals surface area contributed by atoms with Crippen molar-refractivity contribution >= 4 is 5.97 Å². The van der Waals surface area contributed by atoms with Gasteiger partial charge in [-0.05, 0) is 25.7 Å². The molecule has 0 aromatic carbocycles. The van der Waals surface area contributed by atoms with Crippen molar-refractivity contribution in [1.29, 1.82) is 0 Å². The zero-order chi connectivity index (χ0) is 17.4. The van der Waals surface area contributed by atoms with Crippen molar-refractivity contribution in [3.63, 3.8) is 0 Å². The zero-order valence-electron chi connectivity index (χ0n) is 15.1. The van der Waals surface area contributed by atoms with Crippen molar-refractivity contribution in [1.82, 2.24) is 0 Å². The highest BCUT2D eigenvalue weighted by molar-refractivity contribution is 5.82. The molecule has 0 fully saturated rings. The second-order valence-electron chi connectivity index (χ2n) is 6.55. The molecular weight excluding hydrogens is 292 g/mol. The lowest BCUT2D eigenvalue weighted by Gasteiger charge is -2.34. The number of allylic oxidation sites excluding steroid dienone is 2. The molecule has 1 heterocycles. The van der Waals surface area contributed by atoms with Crippen LogP contribution in [0.3, 0.4) is 0 Å². The third-order valence-electron chi connectivity index (χ3n) is 4.87. The quantitative estimate of drug-likeness (QED) is 0.521. The number of esters is 1. The number of ether oxygens (including phenoxy) is 2. The Hall–Kier alpha value is -1.13. The summed E-state index contributed by atoms with van der Waals surface area (Å²) in [5, 5.41) is 10.6.